The molecule has 1 aliphatic carbocycles. The lowest BCUT2D eigenvalue weighted by Crippen LogP contribution is -2.26. The normalized spacial score (nSPS) is 13.4. The Labute approximate surface area is 261 Å². The average Bonchev–Trinajstić information content (AvgIpc) is 3.66. The number of benzene rings is 5. The zero-order chi connectivity index (χ0) is 30.3. The lowest BCUT2D eigenvalue weighted by atomic mass is 9.83. The Morgan fingerprint density at radius 2 is 1.42 bits per heavy atom. The summed E-state index contributed by atoms with van der Waals surface area (Å²) in [6.07, 6.45) is 5.49. The first-order valence-corrected chi connectivity index (χ1v) is 15.3. The van der Waals surface area contributed by atoms with Crippen LogP contribution in [-0.4, -0.2) is 14.1 Å². The minimum Gasteiger partial charge on any atom is -0.458 e. The molecule has 0 saturated heterocycles. The Balaban J connectivity index is 1.16. The highest BCUT2D eigenvalue weighted by atomic mass is 16.5. The number of ether oxygens (including phenoxy) is 1. The van der Waals surface area contributed by atoms with Gasteiger partial charge in [0.1, 0.15) is 17.3 Å². The molecule has 1 aliphatic rings. The molecule has 0 amide bonds. The standard InChI is InChI=1S/C40H30N4O/c1-40(2)33-15-6-4-13-29(33)32-23-39(41-24-34(32)40)44-35-16-7-5-14-30(35)31-20-19-28(22-38(31)44)45-27-12-10-11-26(21-27)43-25-42(3)36-17-8-9-18-37(36)43/h4-24H,1-3H3. The molecule has 8 aromatic rings. The first-order valence-electron chi connectivity index (χ1n) is 15.3. The second kappa shape index (κ2) is 9.41. The van der Waals surface area contributed by atoms with E-state index in [0.717, 1.165) is 50.5 Å². The summed E-state index contributed by atoms with van der Waals surface area (Å²) >= 11 is 0. The van der Waals surface area contributed by atoms with Crippen LogP contribution < -0.4 is 9.30 Å². The Bertz CT molecular complexity index is 2460. The second-order valence-corrected chi connectivity index (χ2v) is 12.4. The smallest absolute Gasteiger partial charge is 0.244 e. The SMILES string of the molecule is C[n+]1[c-]n(-c2cccc(Oc3ccc4c5ccccc5n(-c5cc6c(cn5)C(C)(C)c5ccccc5-6)c4c3)c2)c2ccccc21. The number of aromatic nitrogens is 4. The topological polar surface area (TPSA) is 35.9 Å². The van der Waals surface area contributed by atoms with Crippen LogP contribution in [0.3, 0.4) is 0 Å². The van der Waals surface area contributed by atoms with E-state index in [1.165, 1.54) is 27.6 Å². The molecule has 0 radical (unpaired) electrons. The average molecular weight is 583 g/mol. The van der Waals surface area contributed by atoms with Crippen molar-refractivity contribution in [2.24, 2.45) is 7.05 Å². The van der Waals surface area contributed by atoms with Crippen molar-refractivity contribution >= 4 is 32.8 Å². The lowest BCUT2D eigenvalue weighted by molar-refractivity contribution is -0.649. The van der Waals surface area contributed by atoms with Crippen LogP contribution >= 0.6 is 0 Å². The predicted octanol–water partition coefficient (Wildman–Crippen LogP) is 8.85. The van der Waals surface area contributed by atoms with E-state index < -0.39 is 0 Å². The molecule has 5 nitrogen and oxygen atoms in total. The molecular weight excluding hydrogens is 552 g/mol. The van der Waals surface area contributed by atoms with Crippen molar-refractivity contribution in [2.45, 2.75) is 19.3 Å². The molecule has 0 unspecified atom stereocenters. The minimum absolute atomic E-state index is 0.0874. The van der Waals surface area contributed by atoms with E-state index in [4.69, 9.17) is 9.72 Å². The highest BCUT2D eigenvalue weighted by Gasteiger charge is 2.35. The largest absolute Gasteiger partial charge is 0.458 e. The Morgan fingerprint density at radius 3 is 2.33 bits per heavy atom. The fourth-order valence-electron chi connectivity index (χ4n) is 7.17. The molecule has 0 bridgehead atoms. The maximum absolute atomic E-state index is 6.53. The molecule has 0 N–H and O–H groups in total. The number of hydrogen-bond donors (Lipinski definition) is 0. The van der Waals surface area contributed by atoms with Gasteiger partial charge in [0.2, 0.25) is 6.33 Å². The third kappa shape index (κ3) is 3.80. The van der Waals surface area contributed by atoms with Crippen molar-refractivity contribution in [1.82, 2.24) is 14.1 Å². The number of pyridine rings is 1. The van der Waals surface area contributed by atoms with Gasteiger partial charge in [-0.15, -0.1) is 0 Å². The van der Waals surface area contributed by atoms with Gasteiger partial charge in [-0.2, -0.15) is 0 Å². The van der Waals surface area contributed by atoms with Gasteiger partial charge in [-0.05, 0) is 58.7 Å². The molecule has 0 saturated carbocycles. The van der Waals surface area contributed by atoms with E-state index >= 15 is 0 Å². The molecule has 0 fully saturated rings. The second-order valence-electron chi connectivity index (χ2n) is 12.4. The van der Waals surface area contributed by atoms with Crippen LogP contribution in [0.5, 0.6) is 11.5 Å². The van der Waals surface area contributed by atoms with Crippen molar-refractivity contribution in [3.8, 4) is 34.1 Å². The number of para-hydroxylation sites is 3. The number of nitrogens with zero attached hydrogens (tertiary/aromatic N) is 4. The Kier molecular flexibility index (Phi) is 5.39. The molecule has 5 heteroatoms. The summed E-state index contributed by atoms with van der Waals surface area (Å²) < 4.78 is 12.9. The van der Waals surface area contributed by atoms with Crippen LogP contribution in [0, 0.1) is 6.33 Å². The zero-order valence-corrected chi connectivity index (χ0v) is 25.3. The monoisotopic (exact) mass is 582 g/mol. The molecular formula is C40H30N4O. The quantitative estimate of drug-likeness (QED) is 0.154. The van der Waals surface area contributed by atoms with Crippen LogP contribution in [0.1, 0.15) is 25.0 Å². The molecule has 45 heavy (non-hydrogen) atoms. The molecule has 5 aromatic carbocycles. The fourth-order valence-corrected chi connectivity index (χ4v) is 7.17. The van der Waals surface area contributed by atoms with Gasteiger partial charge >= 0.3 is 0 Å². The van der Waals surface area contributed by atoms with E-state index in [1.807, 2.05) is 29.8 Å². The summed E-state index contributed by atoms with van der Waals surface area (Å²) in [5.41, 5.74) is 10.4. The van der Waals surface area contributed by atoms with E-state index in [9.17, 15) is 0 Å². The number of imidazole rings is 1. The molecule has 0 spiro atoms. The number of aryl methyl sites for hydroxylation is 1. The van der Waals surface area contributed by atoms with Gasteiger partial charge < -0.3 is 13.9 Å². The predicted molar refractivity (Wildman–Crippen MR) is 180 cm³/mol. The molecule has 3 aromatic heterocycles. The van der Waals surface area contributed by atoms with Gasteiger partial charge in [-0.25, -0.2) is 4.98 Å². The number of hydrogen-bond acceptors (Lipinski definition) is 2. The molecule has 0 atom stereocenters. The maximum atomic E-state index is 6.53. The van der Waals surface area contributed by atoms with E-state index in [1.54, 1.807) is 0 Å². The van der Waals surface area contributed by atoms with Crippen molar-refractivity contribution < 1.29 is 9.30 Å². The molecule has 216 valence electrons. The van der Waals surface area contributed by atoms with Gasteiger partial charge in [0.05, 0.1) is 34.8 Å². The van der Waals surface area contributed by atoms with E-state index in [0.29, 0.717) is 0 Å². The lowest BCUT2D eigenvalue weighted by Gasteiger charge is -2.21. The van der Waals surface area contributed by atoms with Crippen LogP contribution in [-0.2, 0) is 12.5 Å². The Hall–Kier alpha value is -5.68. The van der Waals surface area contributed by atoms with Crippen LogP contribution in [0.4, 0.5) is 0 Å². The van der Waals surface area contributed by atoms with Crippen molar-refractivity contribution in [3.05, 3.63) is 145 Å². The van der Waals surface area contributed by atoms with Crippen LogP contribution in [0.2, 0.25) is 0 Å². The van der Waals surface area contributed by atoms with Crippen molar-refractivity contribution in [2.75, 3.05) is 0 Å². The molecule has 3 heterocycles. The Morgan fingerprint density at radius 1 is 0.667 bits per heavy atom. The van der Waals surface area contributed by atoms with E-state index in [2.05, 4.69) is 139 Å². The molecule has 0 aliphatic heterocycles. The minimum atomic E-state index is -0.0874. The summed E-state index contributed by atoms with van der Waals surface area (Å²) in [4.78, 5) is 5.07. The van der Waals surface area contributed by atoms with Crippen LogP contribution in [0.25, 0.3) is 55.5 Å². The summed E-state index contributed by atoms with van der Waals surface area (Å²) in [5.74, 6) is 2.43. The number of fused-ring (bicyclic) bond motifs is 7. The highest BCUT2D eigenvalue weighted by Crippen LogP contribution is 2.49. The summed E-state index contributed by atoms with van der Waals surface area (Å²) in [6.45, 7) is 4.57. The number of rotatable bonds is 4. The van der Waals surface area contributed by atoms with Crippen LogP contribution in [0.15, 0.2) is 128 Å². The molecule has 9 rings (SSSR count). The highest BCUT2D eigenvalue weighted by molar-refractivity contribution is 6.09. The van der Waals surface area contributed by atoms with Gasteiger partial charge in [0.15, 0.2) is 0 Å². The fraction of sp³-hybridized carbons (Fsp3) is 0.100. The van der Waals surface area contributed by atoms with Gasteiger partial charge in [-0.1, -0.05) is 92.7 Å². The van der Waals surface area contributed by atoms with Gasteiger partial charge in [0, 0.05) is 28.5 Å². The van der Waals surface area contributed by atoms with E-state index in [-0.39, 0.29) is 5.41 Å². The summed E-state index contributed by atoms with van der Waals surface area (Å²) in [5, 5.41) is 2.35. The first kappa shape index (κ1) is 25.8. The maximum Gasteiger partial charge on any atom is 0.244 e. The van der Waals surface area contributed by atoms with Gasteiger partial charge in [-0.3, -0.25) is 4.57 Å². The summed E-state index contributed by atoms with van der Waals surface area (Å²) in [7, 11) is 2.02. The van der Waals surface area contributed by atoms with Crippen molar-refractivity contribution in [1.29, 1.82) is 0 Å². The zero-order valence-electron chi connectivity index (χ0n) is 25.3. The third-order valence-corrected chi connectivity index (χ3v) is 9.37. The van der Waals surface area contributed by atoms with Crippen molar-refractivity contribution in [3.63, 3.8) is 0 Å². The first-order chi connectivity index (χ1) is 22.0. The summed E-state index contributed by atoms with van der Waals surface area (Å²) in [6, 6.07) is 42.3. The van der Waals surface area contributed by atoms with Gasteiger partial charge in [0.25, 0.3) is 0 Å². The third-order valence-electron chi connectivity index (χ3n) is 9.37.